The molecule has 0 aromatic carbocycles. The standard InChI is InChI=1S/C12H20N4O2/c1-4-10-13-6-9(7-14-10)15-11(18)16-12(3,5-2)8-17/h6-7,17H,4-5,8H2,1-3H3,(H2,15,16,18). The Hall–Kier alpha value is -1.69. The van der Waals surface area contributed by atoms with E-state index >= 15 is 0 Å². The molecule has 18 heavy (non-hydrogen) atoms. The quantitative estimate of drug-likeness (QED) is 0.737. The van der Waals surface area contributed by atoms with Gasteiger partial charge in [-0.2, -0.15) is 0 Å². The van der Waals surface area contributed by atoms with Gasteiger partial charge in [-0.05, 0) is 13.3 Å². The lowest BCUT2D eigenvalue weighted by Crippen LogP contribution is -2.50. The Balaban J connectivity index is 2.58. The van der Waals surface area contributed by atoms with E-state index < -0.39 is 5.54 Å². The molecule has 0 radical (unpaired) electrons. The third-order valence-corrected chi connectivity index (χ3v) is 2.82. The number of amides is 2. The molecule has 0 fully saturated rings. The van der Waals surface area contributed by atoms with Crippen LogP contribution in [0.3, 0.4) is 0 Å². The summed E-state index contributed by atoms with van der Waals surface area (Å²) < 4.78 is 0. The Morgan fingerprint density at radius 2 is 2.00 bits per heavy atom. The molecule has 0 bridgehead atoms. The normalized spacial score (nSPS) is 13.8. The van der Waals surface area contributed by atoms with Crippen molar-refractivity contribution in [3.05, 3.63) is 18.2 Å². The highest BCUT2D eigenvalue weighted by Crippen LogP contribution is 2.09. The van der Waals surface area contributed by atoms with Crippen LogP contribution in [0.2, 0.25) is 0 Å². The number of carbonyl (C=O) groups excluding carboxylic acids is 1. The summed E-state index contributed by atoms with van der Waals surface area (Å²) in [5.74, 6) is 0.731. The molecule has 100 valence electrons. The zero-order valence-corrected chi connectivity index (χ0v) is 11.0. The van der Waals surface area contributed by atoms with E-state index in [9.17, 15) is 9.90 Å². The largest absolute Gasteiger partial charge is 0.394 e. The summed E-state index contributed by atoms with van der Waals surface area (Å²) in [4.78, 5) is 19.9. The van der Waals surface area contributed by atoms with Crippen molar-refractivity contribution >= 4 is 11.7 Å². The first-order valence-corrected chi connectivity index (χ1v) is 6.04. The van der Waals surface area contributed by atoms with Crippen LogP contribution in [0.4, 0.5) is 10.5 Å². The molecule has 6 heteroatoms. The van der Waals surface area contributed by atoms with E-state index in [0.717, 1.165) is 12.2 Å². The van der Waals surface area contributed by atoms with Crippen LogP contribution in [0.1, 0.15) is 33.0 Å². The monoisotopic (exact) mass is 252 g/mol. The van der Waals surface area contributed by atoms with Gasteiger partial charge in [0.1, 0.15) is 5.82 Å². The van der Waals surface area contributed by atoms with Gasteiger partial charge < -0.3 is 15.7 Å². The van der Waals surface area contributed by atoms with E-state index in [0.29, 0.717) is 12.1 Å². The Morgan fingerprint density at radius 3 is 2.44 bits per heavy atom. The Labute approximate surface area is 107 Å². The minimum absolute atomic E-state index is 0.109. The van der Waals surface area contributed by atoms with E-state index in [1.807, 2.05) is 13.8 Å². The van der Waals surface area contributed by atoms with Gasteiger partial charge in [-0.1, -0.05) is 13.8 Å². The highest BCUT2D eigenvalue weighted by molar-refractivity contribution is 5.89. The highest BCUT2D eigenvalue weighted by atomic mass is 16.3. The first-order chi connectivity index (χ1) is 8.53. The number of aliphatic hydroxyl groups is 1. The van der Waals surface area contributed by atoms with Crippen molar-refractivity contribution in [2.24, 2.45) is 0 Å². The van der Waals surface area contributed by atoms with Crippen molar-refractivity contribution in [1.29, 1.82) is 0 Å². The molecule has 1 unspecified atom stereocenters. The van der Waals surface area contributed by atoms with Gasteiger partial charge in [0.25, 0.3) is 0 Å². The third kappa shape index (κ3) is 3.96. The van der Waals surface area contributed by atoms with Crippen molar-refractivity contribution in [3.8, 4) is 0 Å². The van der Waals surface area contributed by atoms with E-state index in [1.165, 1.54) is 0 Å². The number of rotatable bonds is 5. The summed E-state index contributed by atoms with van der Waals surface area (Å²) in [5.41, 5.74) is -0.0880. The smallest absolute Gasteiger partial charge is 0.319 e. The van der Waals surface area contributed by atoms with Crippen LogP contribution in [-0.2, 0) is 6.42 Å². The first kappa shape index (κ1) is 14.4. The van der Waals surface area contributed by atoms with Crippen LogP contribution < -0.4 is 10.6 Å². The fourth-order valence-corrected chi connectivity index (χ4v) is 1.28. The minimum atomic E-state index is -0.617. The molecule has 0 saturated carbocycles. The van der Waals surface area contributed by atoms with E-state index in [-0.39, 0.29) is 12.6 Å². The zero-order chi connectivity index (χ0) is 13.6. The van der Waals surface area contributed by atoms with Gasteiger partial charge in [0.15, 0.2) is 0 Å². The number of urea groups is 1. The summed E-state index contributed by atoms with van der Waals surface area (Å²) in [5, 5.41) is 14.5. The second-order valence-corrected chi connectivity index (χ2v) is 4.39. The average molecular weight is 252 g/mol. The number of anilines is 1. The average Bonchev–Trinajstić information content (AvgIpc) is 2.39. The van der Waals surface area contributed by atoms with Crippen LogP contribution in [-0.4, -0.2) is 33.3 Å². The summed E-state index contributed by atoms with van der Waals surface area (Å²) in [6, 6.07) is -0.374. The number of aliphatic hydroxyl groups excluding tert-OH is 1. The van der Waals surface area contributed by atoms with Crippen molar-refractivity contribution in [1.82, 2.24) is 15.3 Å². The summed E-state index contributed by atoms with van der Waals surface area (Å²) >= 11 is 0. The molecular formula is C12H20N4O2. The van der Waals surface area contributed by atoms with Crippen molar-refractivity contribution in [2.45, 2.75) is 39.2 Å². The molecule has 0 aliphatic rings. The molecule has 6 nitrogen and oxygen atoms in total. The van der Waals surface area contributed by atoms with Gasteiger partial charge >= 0.3 is 6.03 Å². The zero-order valence-electron chi connectivity index (χ0n) is 11.0. The number of hydrogen-bond donors (Lipinski definition) is 3. The van der Waals surface area contributed by atoms with Crippen LogP contribution in [0.15, 0.2) is 12.4 Å². The molecular weight excluding hydrogens is 232 g/mol. The van der Waals surface area contributed by atoms with Crippen molar-refractivity contribution < 1.29 is 9.90 Å². The fraction of sp³-hybridized carbons (Fsp3) is 0.583. The maximum Gasteiger partial charge on any atom is 0.319 e. The molecule has 1 atom stereocenters. The van der Waals surface area contributed by atoms with Crippen molar-refractivity contribution in [2.75, 3.05) is 11.9 Å². The van der Waals surface area contributed by atoms with Crippen LogP contribution >= 0.6 is 0 Å². The van der Waals surface area contributed by atoms with Gasteiger partial charge in [-0.25, -0.2) is 14.8 Å². The Kier molecular flexibility index (Phi) is 5.03. The number of hydrogen-bond acceptors (Lipinski definition) is 4. The number of carbonyl (C=O) groups is 1. The van der Waals surface area contributed by atoms with Crippen LogP contribution in [0, 0.1) is 0 Å². The first-order valence-electron chi connectivity index (χ1n) is 6.04. The Morgan fingerprint density at radius 1 is 1.39 bits per heavy atom. The molecule has 1 aromatic heterocycles. The minimum Gasteiger partial charge on any atom is -0.394 e. The number of nitrogens with zero attached hydrogens (tertiary/aromatic N) is 2. The lowest BCUT2D eigenvalue weighted by Gasteiger charge is -2.27. The summed E-state index contributed by atoms with van der Waals surface area (Å²) in [6.07, 6.45) is 4.52. The second-order valence-electron chi connectivity index (χ2n) is 4.39. The highest BCUT2D eigenvalue weighted by Gasteiger charge is 2.23. The molecule has 0 spiro atoms. The predicted molar refractivity (Wildman–Crippen MR) is 69.3 cm³/mol. The lowest BCUT2D eigenvalue weighted by molar-refractivity contribution is 0.172. The van der Waals surface area contributed by atoms with Crippen LogP contribution in [0.25, 0.3) is 0 Å². The lowest BCUT2D eigenvalue weighted by atomic mass is 10.0. The molecule has 0 aliphatic heterocycles. The topological polar surface area (TPSA) is 87.1 Å². The maximum atomic E-state index is 11.7. The van der Waals surface area contributed by atoms with E-state index in [2.05, 4.69) is 20.6 Å². The molecule has 0 aliphatic carbocycles. The van der Waals surface area contributed by atoms with Gasteiger partial charge in [-0.3, -0.25) is 0 Å². The SMILES string of the molecule is CCc1ncc(NC(=O)NC(C)(CC)CO)cn1. The van der Waals surface area contributed by atoms with Gasteiger partial charge in [-0.15, -0.1) is 0 Å². The van der Waals surface area contributed by atoms with Gasteiger partial charge in [0.2, 0.25) is 0 Å². The number of aromatic nitrogens is 2. The summed E-state index contributed by atoms with van der Waals surface area (Å²) in [6.45, 7) is 5.53. The molecule has 0 saturated heterocycles. The summed E-state index contributed by atoms with van der Waals surface area (Å²) in [7, 11) is 0. The fourth-order valence-electron chi connectivity index (χ4n) is 1.28. The van der Waals surface area contributed by atoms with Gasteiger partial charge in [0, 0.05) is 6.42 Å². The van der Waals surface area contributed by atoms with E-state index in [4.69, 9.17) is 0 Å². The molecule has 1 aromatic rings. The van der Waals surface area contributed by atoms with Crippen molar-refractivity contribution in [3.63, 3.8) is 0 Å². The Bertz CT molecular complexity index is 388. The number of aryl methyl sites for hydroxylation is 1. The third-order valence-electron chi connectivity index (χ3n) is 2.82. The van der Waals surface area contributed by atoms with Crippen LogP contribution in [0.5, 0.6) is 0 Å². The predicted octanol–water partition coefficient (Wildman–Crippen LogP) is 1.32. The maximum absolute atomic E-state index is 11.7. The molecule has 3 N–H and O–H groups in total. The van der Waals surface area contributed by atoms with Gasteiger partial charge in [0.05, 0.1) is 30.2 Å². The molecule has 1 rings (SSSR count). The molecule has 1 heterocycles. The van der Waals surface area contributed by atoms with E-state index in [1.54, 1.807) is 19.3 Å². The number of nitrogens with one attached hydrogen (secondary N) is 2. The second kappa shape index (κ2) is 6.30. The molecule has 2 amide bonds.